The zero-order chi connectivity index (χ0) is 38.8. The van der Waals surface area contributed by atoms with Crippen LogP contribution in [0.2, 0.25) is 0 Å². The van der Waals surface area contributed by atoms with Crippen molar-refractivity contribution in [1.29, 1.82) is 0 Å². The highest BCUT2D eigenvalue weighted by Gasteiger charge is 2.44. The van der Waals surface area contributed by atoms with Crippen LogP contribution in [0.4, 0.5) is 0 Å². The maximum Gasteiger partial charge on any atom is 0.306 e. The summed E-state index contributed by atoms with van der Waals surface area (Å²) in [5.74, 6) is -0.834. The average Bonchev–Trinajstić information content (AvgIpc) is 3.15. The Morgan fingerprint density at radius 3 is 1.62 bits per heavy atom. The first-order valence-corrected chi connectivity index (χ1v) is 21.1. The minimum absolute atomic E-state index is 0.216. The third-order valence-corrected chi connectivity index (χ3v) is 9.50. The van der Waals surface area contributed by atoms with E-state index >= 15 is 0 Å². The van der Waals surface area contributed by atoms with E-state index in [1.165, 1.54) is 51.4 Å². The molecule has 0 bridgehead atoms. The number of unbranched alkanes of at least 4 members (excludes halogenated alkanes) is 17. The van der Waals surface area contributed by atoms with Crippen LogP contribution in [0.25, 0.3) is 0 Å². The summed E-state index contributed by atoms with van der Waals surface area (Å²) < 4.78 is 22.1. The van der Waals surface area contributed by atoms with Gasteiger partial charge in [0.15, 0.2) is 12.4 Å². The highest BCUT2D eigenvalue weighted by atomic mass is 16.7. The van der Waals surface area contributed by atoms with Crippen LogP contribution in [0.5, 0.6) is 0 Å². The Hall–Kier alpha value is -2.08. The molecule has 308 valence electrons. The second kappa shape index (κ2) is 34.4. The Bertz CT molecular complexity index is 965. The molecule has 10 nitrogen and oxygen atoms in total. The van der Waals surface area contributed by atoms with E-state index in [9.17, 15) is 30.0 Å². The molecule has 0 saturated carbocycles. The number of carbonyl (C=O) groups is 2. The summed E-state index contributed by atoms with van der Waals surface area (Å²) in [7, 11) is 0. The molecular formula is C43H76O10. The predicted octanol–water partition coefficient (Wildman–Crippen LogP) is 8.33. The van der Waals surface area contributed by atoms with Gasteiger partial charge >= 0.3 is 11.9 Å². The average molecular weight is 753 g/mol. The van der Waals surface area contributed by atoms with Gasteiger partial charge in [-0.3, -0.25) is 9.59 Å². The van der Waals surface area contributed by atoms with E-state index in [0.29, 0.717) is 12.8 Å². The van der Waals surface area contributed by atoms with E-state index < -0.39 is 55.4 Å². The Morgan fingerprint density at radius 2 is 1.06 bits per heavy atom. The fourth-order valence-electron chi connectivity index (χ4n) is 6.09. The topological polar surface area (TPSA) is 152 Å². The molecule has 53 heavy (non-hydrogen) atoms. The van der Waals surface area contributed by atoms with Crippen LogP contribution in [-0.4, -0.2) is 89.0 Å². The molecule has 1 rings (SSSR count). The normalized spacial score (nSPS) is 21.2. The van der Waals surface area contributed by atoms with Gasteiger partial charge in [0.2, 0.25) is 0 Å². The first kappa shape index (κ1) is 48.9. The smallest absolute Gasteiger partial charge is 0.306 e. The van der Waals surface area contributed by atoms with Crippen LogP contribution in [0.15, 0.2) is 36.5 Å². The minimum Gasteiger partial charge on any atom is -0.462 e. The highest BCUT2D eigenvalue weighted by molar-refractivity contribution is 5.70. The van der Waals surface area contributed by atoms with Crippen molar-refractivity contribution in [3.63, 3.8) is 0 Å². The molecule has 1 saturated heterocycles. The quantitative estimate of drug-likeness (QED) is 0.0287. The molecular weight excluding hydrogens is 676 g/mol. The second-order valence-electron chi connectivity index (χ2n) is 14.4. The largest absolute Gasteiger partial charge is 0.462 e. The Kier molecular flexibility index (Phi) is 31.8. The number of hydrogen-bond acceptors (Lipinski definition) is 10. The van der Waals surface area contributed by atoms with Crippen molar-refractivity contribution in [2.75, 3.05) is 19.8 Å². The maximum absolute atomic E-state index is 12.7. The summed E-state index contributed by atoms with van der Waals surface area (Å²) in [6.07, 6.45) is 30.0. The van der Waals surface area contributed by atoms with Gasteiger partial charge in [-0.25, -0.2) is 0 Å². The zero-order valence-electron chi connectivity index (χ0n) is 33.3. The summed E-state index contributed by atoms with van der Waals surface area (Å²) in [5.41, 5.74) is 0. The molecule has 10 heteroatoms. The van der Waals surface area contributed by atoms with E-state index in [4.69, 9.17) is 18.9 Å². The van der Waals surface area contributed by atoms with Crippen molar-refractivity contribution >= 4 is 11.9 Å². The number of rotatable bonds is 34. The second-order valence-corrected chi connectivity index (χ2v) is 14.4. The lowest BCUT2D eigenvalue weighted by Gasteiger charge is -2.39. The van der Waals surface area contributed by atoms with Crippen molar-refractivity contribution in [1.82, 2.24) is 0 Å². The number of aliphatic hydroxyl groups excluding tert-OH is 4. The van der Waals surface area contributed by atoms with Gasteiger partial charge in [0.1, 0.15) is 31.0 Å². The molecule has 0 aromatic carbocycles. The maximum atomic E-state index is 12.7. The van der Waals surface area contributed by atoms with Crippen LogP contribution in [0, 0.1) is 0 Å². The van der Waals surface area contributed by atoms with Gasteiger partial charge in [0.25, 0.3) is 0 Å². The zero-order valence-corrected chi connectivity index (χ0v) is 33.3. The first-order chi connectivity index (χ1) is 25.8. The number of hydrogen-bond donors (Lipinski definition) is 4. The molecule has 1 heterocycles. The van der Waals surface area contributed by atoms with E-state index in [1.807, 2.05) is 0 Å². The van der Waals surface area contributed by atoms with Crippen LogP contribution in [0.3, 0.4) is 0 Å². The number of allylic oxidation sites excluding steroid dienone is 6. The molecule has 1 aliphatic rings. The number of ether oxygens (including phenoxy) is 4. The van der Waals surface area contributed by atoms with Crippen molar-refractivity contribution in [2.24, 2.45) is 0 Å². The van der Waals surface area contributed by atoms with Crippen LogP contribution in [0.1, 0.15) is 168 Å². The van der Waals surface area contributed by atoms with Gasteiger partial charge in [0, 0.05) is 12.8 Å². The standard InChI is InChI=1S/C43H76O10/c1-3-5-7-9-11-13-15-17-18-20-21-23-25-27-29-31-38(45)50-34-36(35-51-43-42(49)41(48)40(47)37(33-44)53-43)52-39(46)32-30-28-26-24-22-19-16-14-12-10-8-6-4-2/h11,13-14,16-18,36-37,40-44,47-49H,3-10,12,15,19-35H2,1-2H3/b13-11-,16-14+,18-17-/t36-,37+,40-,41-,42+,43+/m0/s1. The Balaban J connectivity index is 2.38. The minimum atomic E-state index is -1.60. The molecule has 0 aromatic rings. The summed E-state index contributed by atoms with van der Waals surface area (Å²) in [6.45, 7) is 3.34. The van der Waals surface area contributed by atoms with E-state index in [1.54, 1.807) is 0 Å². The Labute approximate surface area is 321 Å². The summed E-state index contributed by atoms with van der Waals surface area (Å²) in [5, 5.41) is 40.0. The Morgan fingerprint density at radius 1 is 0.585 bits per heavy atom. The molecule has 1 fully saturated rings. The summed E-state index contributed by atoms with van der Waals surface area (Å²) in [6, 6.07) is 0. The predicted molar refractivity (Wildman–Crippen MR) is 210 cm³/mol. The molecule has 0 radical (unpaired) electrons. The van der Waals surface area contributed by atoms with Crippen molar-refractivity contribution in [3.05, 3.63) is 36.5 Å². The molecule has 0 amide bonds. The van der Waals surface area contributed by atoms with Gasteiger partial charge in [-0.15, -0.1) is 0 Å². The fourth-order valence-corrected chi connectivity index (χ4v) is 6.09. The highest BCUT2D eigenvalue weighted by Crippen LogP contribution is 2.22. The first-order valence-electron chi connectivity index (χ1n) is 21.1. The summed E-state index contributed by atoms with van der Waals surface area (Å²) >= 11 is 0. The van der Waals surface area contributed by atoms with Crippen molar-refractivity contribution in [2.45, 2.75) is 205 Å². The van der Waals surface area contributed by atoms with Gasteiger partial charge in [-0.1, -0.05) is 121 Å². The third kappa shape index (κ3) is 26.4. The fraction of sp³-hybridized carbons (Fsp3) is 0.814. The molecule has 0 unspecified atom stereocenters. The van der Waals surface area contributed by atoms with Gasteiger partial charge in [-0.05, 0) is 70.6 Å². The van der Waals surface area contributed by atoms with E-state index in [-0.39, 0.29) is 26.1 Å². The lowest BCUT2D eigenvalue weighted by atomic mass is 9.99. The van der Waals surface area contributed by atoms with Crippen LogP contribution >= 0.6 is 0 Å². The number of esters is 2. The molecule has 0 spiro atoms. The molecule has 0 aliphatic carbocycles. The molecule has 6 atom stereocenters. The van der Waals surface area contributed by atoms with Gasteiger partial charge in [0.05, 0.1) is 13.2 Å². The monoisotopic (exact) mass is 753 g/mol. The van der Waals surface area contributed by atoms with Crippen LogP contribution in [-0.2, 0) is 28.5 Å². The number of carbonyl (C=O) groups excluding carboxylic acids is 2. The lowest BCUT2D eigenvalue weighted by Crippen LogP contribution is -2.59. The third-order valence-electron chi connectivity index (χ3n) is 9.50. The SMILES string of the molecule is CCCCC/C=C\C/C=C\CCCCCCCC(=O)OC[C@@H](CO[C@@H]1O[C@H](CO)[C@H](O)[C@H](O)[C@H]1O)OC(=O)CCCCCCC/C=C/CCCCCC. The van der Waals surface area contributed by atoms with Crippen LogP contribution < -0.4 is 0 Å². The van der Waals surface area contributed by atoms with Crippen molar-refractivity contribution < 1.29 is 49.0 Å². The van der Waals surface area contributed by atoms with Gasteiger partial charge in [-0.2, -0.15) is 0 Å². The van der Waals surface area contributed by atoms with E-state index in [0.717, 1.165) is 77.0 Å². The molecule has 4 N–H and O–H groups in total. The summed E-state index contributed by atoms with van der Waals surface area (Å²) in [4.78, 5) is 25.2. The lowest BCUT2D eigenvalue weighted by molar-refractivity contribution is -0.305. The molecule has 1 aliphatic heterocycles. The van der Waals surface area contributed by atoms with Crippen molar-refractivity contribution in [3.8, 4) is 0 Å². The number of aliphatic hydroxyl groups is 4. The van der Waals surface area contributed by atoms with E-state index in [2.05, 4.69) is 50.3 Å². The van der Waals surface area contributed by atoms with Gasteiger partial charge < -0.3 is 39.4 Å². The molecule has 0 aromatic heterocycles.